The van der Waals surface area contributed by atoms with E-state index in [2.05, 4.69) is 6.92 Å². The van der Waals surface area contributed by atoms with E-state index < -0.39 is 0 Å². The van der Waals surface area contributed by atoms with Crippen LogP contribution in [0.4, 0.5) is 0 Å². The van der Waals surface area contributed by atoms with Crippen molar-refractivity contribution in [1.29, 1.82) is 0 Å². The number of carbonyl (C=O) groups is 1. The van der Waals surface area contributed by atoms with Crippen molar-refractivity contribution in [2.24, 2.45) is 17.3 Å². The summed E-state index contributed by atoms with van der Waals surface area (Å²) in [6, 6.07) is 3.50. The summed E-state index contributed by atoms with van der Waals surface area (Å²) in [5.41, 5.74) is 2.29. The summed E-state index contributed by atoms with van der Waals surface area (Å²) >= 11 is 0. The minimum absolute atomic E-state index is 0.00904. The highest BCUT2D eigenvalue weighted by Crippen LogP contribution is 2.59. The number of aromatic hydroxyl groups is 2. The fourth-order valence-electron chi connectivity index (χ4n) is 5.37. The molecule has 2 fully saturated rings. The number of rotatable bonds is 0. The highest BCUT2D eigenvalue weighted by atomic mass is 16.3. The number of phenolic OH excluding ortho intramolecular Hbond substituents is 2. The molecule has 0 aliphatic heterocycles. The smallest absolute Gasteiger partial charge is 0.157 e. The Hall–Kier alpha value is -1.51. The van der Waals surface area contributed by atoms with Gasteiger partial charge in [0.1, 0.15) is 5.78 Å². The largest absolute Gasteiger partial charge is 0.504 e. The Balaban J connectivity index is 1.75. The van der Waals surface area contributed by atoms with Gasteiger partial charge in [-0.3, -0.25) is 4.79 Å². The van der Waals surface area contributed by atoms with Crippen LogP contribution in [0, 0.1) is 17.3 Å². The van der Waals surface area contributed by atoms with Crippen LogP contribution in [0.1, 0.15) is 56.1 Å². The number of ketones is 1. The van der Waals surface area contributed by atoms with Crippen molar-refractivity contribution in [3.8, 4) is 11.5 Å². The van der Waals surface area contributed by atoms with Crippen molar-refractivity contribution in [3.05, 3.63) is 23.3 Å². The van der Waals surface area contributed by atoms with E-state index in [1.165, 1.54) is 11.1 Å². The summed E-state index contributed by atoms with van der Waals surface area (Å²) in [6.07, 6.45) is 5.84. The molecule has 2 N–H and O–H groups in total. The summed E-state index contributed by atoms with van der Waals surface area (Å²) in [5.74, 6) is 1.96. The van der Waals surface area contributed by atoms with Gasteiger partial charge in [0.2, 0.25) is 0 Å². The molecule has 4 rings (SSSR count). The summed E-state index contributed by atoms with van der Waals surface area (Å²) in [5, 5.41) is 19.5. The van der Waals surface area contributed by atoms with Gasteiger partial charge in [0, 0.05) is 11.8 Å². The second-order valence-corrected chi connectivity index (χ2v) is 7.37. The third-order valence-corrected chi connectivity index (χ3v) is 6.53. The minimum atomic E-state index is -0.0996. The van der Waals surface area contributed by atoms with Crippen LogP contribution in [0.2, 0.25) is 0 Å². The highest BCUT2D eigenvalue weighted by molar-refractivity contribution is 5.87. The van der Waals surface area contributed by atoms with E-state index >= 15 is 0 Å². The second kappa shape index (κ2) is 4.25. The Bertz CT molecular complexity index is 621. The number of fused-ring (bicyclic) bond motifs is 5. The van der Waals surface area contributed by atoms with Crippen molar-refractivity contribution in [3.63, 3.8) is 0 Å². The van der Waals surface area contributed by atoms with Gasteiger partial charge in [0.15, 0.2) is 11.5 Å². The van der Waals surface area contributed by atoms with Gasteiger partial charge in [-0.25, -0.2) is 0 Å². The van der Waals surface area contributed by atoms with E-state index in [0.717, 1.165) is 38.5 Å². The number of hydrogen-bond donors (Lipinski definition) is 2. The molecule has 112 valence electrons. The minimum Gasteiger partial charge on any atom is -0.504 e. The average molecular weight is 286 g/mol. The van der Waals surface area contributed by atoms with Gasteiger partial charge in [-0.05, 0) is 73.1 Å². The van der Waals surface area contributed by atoms with Gasteiger partial charge in [0.25, 0.3) is 0 Å². The van der Waals surface area contributed by atoms with Gasteiger partial charge in [-0.1, -0.05) is 6.92 Å². The van der Waals surface area contributed by atoms with Crippen LogP contribution in [-0.4, -0.2) is 16.0 Å². The van der Waals surface area contributed by atoms with E-state index in [4.69, 9.17) is 0 Å². The Morgan fingerprint density at radius 2 is 1.86 bits per heavy atom. The van der Waals surface area contributed by atoms with Crippen molar-refractivity contribution in [1.82, 2.24) is 0 Å². The van der Waals surface area contributed by atoms with Crippen molar-refractivity contribution < 1.29 is 15.0 Å². The van der Waals surface area contributed by atoms with E-state index in [1.54, 1.807) is 12.1 Å². The first kappa shape index (κ1) is 13.2. The molecule has 0 aromatic heterocycles. The van der Waals surface area contributed by atoms with Gasteiger partial charge in [-0.2, -0.15) is 0 Å². The molecular weight excluding hydrogens is 264 g/mol. The molecule has 0 heterocycles. The van der Waals surface area contributed by atoms with Crippen LogP contribution in [0.5, 0.6) is 11.5 Å². The van der Waals surface area contributed by atoms with Gasteiger partial charge < -0.3 is 10.2 Å². The topological polar surface area (TPSA) is 57.5 Å². The van der Waals surface area contributed by atoms with Crippen LogP contribution < -0.4 is 0 Å². The lowest BCUT2D eigenvalue weighted by Crippen LogP contribution is -2.42. The molecule has 0 bridgehead atoms. The summed E-state index contributed by atoms with van der Waals surface area (Å²) in [6.45, 7) is 2.17. The molecule has 1 aromatic carbocycles. The maximum absolute atomic E-state index is 12.3. The third kappa shape index (κ3) is 1.69. The van der Waals surface area contributed by atoms with Crippen molar-refractivity contribution >= 4 is 5.78 Å². The molecule has 1 aromatic rings. The third-order valence-electron chi connectivity index (χ3n) is 6.53. The maximum atomic E-state index is 12.3. The SMILES string of the molecule is C[C@]12CC[C@@H]3c4cc(O)c(O)cc4CC[C@@H]3[C@H]1CCC2=O. The Kier molecular flexibility index (Phi) is 2.66. The van der Waals surface area contributed by atoms with Crippen LogP contribution in [0.3, 0.4) is 0 Å². The lowest BCUT2D eigenvalue weighted by Gasteiger charge is -2.48. The second-order valence-electron chi connectivity index (χ2n) is 7.37. The molecule has 3 heteroatoms. The van der Waals surface area contributed by atoms with E-state index in [1.807, 2.05) is 0 Å². The predicted molar refractivity (Wildman–Crippen MR) is 79.4 cm³/mol. The standard InChI is InChI=1S/C18H22O3/c1-18-7-6-11-12(14(18)4-5-17(18)21)3-2-10-8-15(19)16(20)9-13(10)11/h8-9,11-12,14,19-20H,2-7H2,1H3/t11-,12-,14+,18-/m0/s1. The molecule has 0 radical (unpaired) electrons. The highest BCUT2D eigenvalue weighted by Gasteiger charge is 2.54. The number of Topliss-reactive ketones (excluding diaryl/α,β-unsaturated/α-hetero) is 1. The first-order valence-corrected chi connectivity index (χ1v) is 8.09. The normalized spacial score (nSPS) is 37.8. The monoisotopic (exact) mass is 286 g/mol. The van der Waals surface area contributed by atoms with E-state index in [-0.39, 0.29) is 16.9 Å². The summed E-state index contributed by atoms with van der Waals surface area (Å²) in [7, 11) is 0. The molecule has 0 spiro atoms. The van der Waals surface area contributed by atoms with Gasteiger partial charge in [-0.15, -0.1) is 0 Å². The zero-order valence-corrected chi connectivity index (χ0v) is 12.4. The maximum Gasteiger partial charge on any atom is 0.157 e. The molecule has 0 amide bonds. The van der Waals surface area contributed by atoms with Gasteiger partial charge in [0.05, 0.1) is 0 Å². The molecule has 3 aliphatic carbocycles. The quantitative estimate of drug-likeness (QED) is 0.717. The van der Waals surface area contributed by atoms with Crippen LogP contribution in [0.15, 0.2) is 12.1 Å². The molecule has 0 unspecified atom stereocenters. The van der Waals surface area contributed by atoms with Gasteiger partial charge >= 0.3 is 0 Å². The number of hydrogen-bond acceptors (Lipinski definition) is 3. The molecule has 21 heavy (non-hydrogen) atoms. The number of benzene rings is 1. The summed E-state index contributed by atoms with van der Waals surface area (Å²) < 4.78 is 0. The zero-order valence-electron chi connectivity index (χ0n) is 12.4. The Morgan fingerprint density at radius 1 is 1.10 bits per heavy atom. The van der Waals surface area contributed by atoms with Crippen LogP contribution >= 0.6 is 0 Å². The average Bonchev–Trinajstić information content (AvgIpc) is 2.76. The lowest BCUT2D eigenvalue weighted by molar-refractivity contribution is -0.129. The van der Waals surface area contributed by atoms with Crippen molar-refractivity contribution in [2.45, 2.75) is 51.4 Å². The molecule has 4 atom stereocenters. The zero-order chi connectivity index (χ0) is 14.8. The van der Waals surface area contributed by atoms with E-state index in [9.17, 15) is 15.0 Å². The number of carbonyl (C=O) groups excluding carboxylic acids is 1. The fraction of sp³-hybridized carbons (Fsp3) is 0.611. The number of phenols is 2. The molecule has 0 saturated heterocycles. The van der Waals surface area contributed by atoms with Crippen LogP contribution in [-0.2, 0) is 11.2 Å². The first-order chi connectivity index (χ1) is 10.0. The number of aryl methyl sites for hydroxylation is 1. The van der Waals surface area contributed by atoms with E-state index in [0.29, 0.717) is 23.5 Å². The molecule has 3 aliphatic rings. The lowest BCUT2D eigenvalue weighted by atomic mass is 9.55. The Labute approximate surface area is 125 Å². The molecular formula is C18H22O3. The fourth-order valence-corrected chi connectivity index (χ4v) is 5.37. The van der Waals surface area contributed by atoms with Crippen molar-refractivity contribution in [2.75, 3.05) is 0 Å². The molecule has 3 nitrogen and oxygen atoms in total. The van der Waals surface area contributed by atoms with Crippen LogP contribution in [0.25, 0.3) is 0 Å². The molecule has 2 saturated carbocycles. The predicted octanol–water partition coefficient (Wildman–Crippen LogP) is 3.52. The first-order valence-electron chi connectivity index (χ1n) is 8.09. The Morgan fingerprint density at radius 3 is 2.67 bits per heavy atom. The summed E-state index contributed by atoms with van der Waals surface area (Å²) in [4.78, 5) is 12.3.